The molecule has 1 N–H and O–H groups in total. The standard InChI is InChI=1S/C19H18N2O/c1-13-10-15(8-9-21-13)11-14-6-7-17-16(12-14)4-3-5-18(17)19(22)20-2/h3-10,12H,11H2,1-2H3,(H,20,22). The lowest BCUT2D eigenvalue weighted by molar-refractivity contribution is 0.0964. The zero-order chi connectivity index (χ0) is 15.5. The molecule has 0 radical (unpaired) electrons. The SMILES string of the molecule is CNC(=O)c1cccc2cc(Cc3ccnc(C)c3)ccc12. The molecule has 0 saturated carbocycles. The average molecular weight is 290 g/mol. The van der Waals surface area contributed by atoms with Gasteiger partial charge in [0.05, 0.1) is 0 Å². The number of pyridine rings is 1. The van der Waals surface area contributed by atoms with Crippen LogP contribution in [0.3, 0.4) is 0 Å². The van der Waals surface area contributed by atoms with E-state index in [0.717, 1.165) is 22.9 Å². The molecule has 0 atom stereocenters. The molecule has 1 amide bonds. The van der Waals surface area contributed by atoms with Crippen LogP contribution in [-0.4, -0.2) is 17.9 Å². The van der Waals surface area contributed by atoms with Crippen molar-refractivity contribution in [3.8, 4) is 0 Å². The number of aryl methyl sites for hydroxylation is 1. The minimum atomic E-state index is -0.0527. The van der Waals surface area contributed by atoms with Crippen LogP contribution in [0.2, 0.25) is 0 Å². The van der Waals surface area contributed by atoms with E-state index < -0.39 is 0 Å². The Morgan fingerprint density at radius 1 is 1.09 bits per heavy atom. The van der Waals surface area contributed by atoms with Gasteiger partial charge in [0.15, 0.2) is 0 Å². The number of amides is 1. The first-order valence-corrected chi connectivity index (χ1v) is 7.32. The molecule has 110 valence electrons. The summed E-state index contributed by atoms with van der Waals surface area (Å²) in [5.74, 6) is -0.0527. The van der Waals surface area contributed by atoms with E-state index in [4.69, 9.17) is 0 Å². The Hall–Kier alpha value is -2.68. The highest BCUT2D eigenvalue weighted by Gasteiger charge is 2.08. The number of hydrogen-bond acceptors (Lipinski definition) is 2. The molecule has 0 fully saturated rings. The van der Waals surface area contributed by atoms with Gasteiger partial charge in [-0.15, -0.1) is 0 Å². The maximum Gasteiger partial charge on any atom is 0.251 e. The van der Waals surface area contributed by atoms with Crippen LogP contribution in [0.25, 0.3) is 10.8 Å². The van der Waals surface area contributed by atoms with E-state index in [0.29, 0.717) is 5.56 Å². The fourth-order valence-corrected chi connectivity index (χ4v) is 2.73. The van der Waals surface area contributed by atoms with Crippen LogP contribution in [0.15, 0.2) is 54.7 Å². The Morgan fingerprint density at radius 2 is 1.91 bits per heavy atom. The van der Waals surface area contributed by atoms with Crippen LogP contribution >= 0.6 is 0 Å². The summed E-state index contributed by atoms with van der Waals surface area (Å²) in [5, 5.41) is 4.76. The van der Waals surface area contributed by atoms with Crippen molar-refractivity contribution in [1.82, 2.24) is 10.3 Å². The second-order valence-corrected chi connectivity index (χ2v) is 5.42. The quantitative estimate of drug-likeness (QED) is 0.802. The predicted octanol–water partition coefficient (Wildman–Crippen LogP) is 3.49. The summed E-state index contributed by atoms with van der Waals surface area (Å²) in [5.41, 5.74) is 4.22. The van der Waals surface area contributed by atoms with Crippen LogP contribution in [0.5, 0.6) is 0 Å². The van der Waals surface area contributed by atoms with Gasteiger partial charge in [-0.05, 0) is 53.4 Å². The summed E-state index contributed by atoms with van der Waals surface area (Å²) < 4.78 is 0. The highest BCUT2D eigenvalue weighted by atomic mass is 16.1. The van der Waals surface area contributed by atoms with Gasteiger partial charge < -0.3 is 5.32 Å². The molecule has 0 aliphatic heterocycles. The number of aromatic nitrogens is 1. The summed E-state index contributed by atoms with van der Waals surface area (Å²) in [6.07, 6.45) is 2.71. The van der Waals surface area contributed by atoms with E-state index in [1.54, 1.807) is 7.05 Å². The zero-order valence-electron chi connectivity index (χ0n) is 12.8. The summed E-state index contributed by atoms with van der Waals surface area (Å²) >= 11 is 0. The molecule has 0 spiro atoms. The molecular weight excluding hydrogens is 272 g/mol. The van der Waals surface area contributed by atoms with E-state index in [9.17, 15) is 4.79 Å². The average Bonchev–Trinajstić information content (AvgIpc) is 2.53. The van der Waals surface area contributed by atoms with Gasteiger partial charge in [0, 0.05) is 24.5 Å². The van der Waals surface area contributed by atoms with E-state index in [1.165, 1.54) is 11.1 Å². The molecule has 3 aromatic rings. The molecule has 2 aromatic carbocycles. The highest BCUT2D eigenvalue weighted by Crippen LogP contribution is 2.22. The highest BCUT2D eigenvalue weighted by molar-refractivity contribution is 6.07. The molecule has 0 bridgehead atoms. The lowest BCUT2D eigenvalue weighted by Gasteiger charge is -2.08. The van der Waals surface area contributed by atoms with Gasteiger partial charge >= 0.3 is 0 Å². The predicted molar refractivity (Wildman–Crippen MR) is 89.1 cm³/mol. The second-order valence-electron chi connectivity index (χ2n) is 5.42. The van der Waals surface area contributed by atoms with Gasteiger partial charge in [-0.25, -0.2) is 0 Å². The summed E-state index contributed by atoms with van der Waals surface area (Å²) in [6, 6.07) is 16.2. The molecule has 3 heteroatoms. The first kappa shape index (κ1) is 14.3. The monoisotopic (exact) mass is 290 g/mol. The van der Waals surface area contributed by atoms with Gasteiger partial charge in [0.2, 0.25) is 0 Å². The van der Waals surface area contributed by atoms with Crippen LogP contribution in [0, 0.1) is 6.92 Å². The van der Waals surface area contributed by atoms with Crippen LogP contribution < -0.4 is 5.32 Å². The molecule has 0 saturated heterocycles. The number of carbonyl (C=O) groups is 1. The Labute approximate surface area is 130 Å². The number of hydrogen-bond donors (Lipinski definition) is 1. The largest absolute Gasteiger partial charge is 0.355 e. The number of benzene rings is 2. The van der Waals surface area contributed by atoms with Crippen LogP contribution in [0.1, 0.15) is 27.2 Å². The Bertz CT molecular complexity index is 840. The smallest absolute Gasteiger partial charge is 0.251 e. The Balaban J connectivity index is 1.98. The number of nitrogens with one attached hydrogen (secondary N) is 1. The van der Waals surface area contributed by atoms with Crippen molar-refractivity contribution in [2.24, 2.45) is 0 Å². The van der Waals surface area contributed by atoms with Crippen molar-refractivity contribution >= 4 is 16.7 Å². The maximum absolute atomic E-state index is 11.9. The third kappa shape index (κ3) is 2.84. The Kier molecular flexibility index (Phi) is 3.88. The van der Waals surface area contributed by atoms with Gasteiger partial charge in [0.1, 0.15) is 0 Å². The third-order valence-corrected chi connectivity index (χ3v) is 3.79. The van der Waals surface area contributed by atoms with Crippen LogP contribution in [0.4, 0.5) is 0 Å². The molecule has 1 heterocycles. The number of fused-ring (bicyclic) bond motifs is 1. The molecule has 22 heavy (non-hydrogen) atoms. The van der Waals surface area contributed by atoms with Crippen molar-refractivity contribution in [2.75, 3.05) is 7.05 Å². The summed E-state index contributed by atoms with van der Waals surface area (Å²) in [7, 11) is 1.65. The first-order valence-electron chi connectivity index (χ1n) is 7.32. The summed E-state index contributed by atoms with van der Waals surface area (Å²) in [6.45, 7) is 2.00. The van der Waals surface area contributed by atoms with Gasteiger partial charge in [-0.1, -0.05) is 30.3 Å². The first-order chi connectivity index (χ1) is 10.7. The van der Waals surface area contributed by atoms with Gasteiger partial charge in [-0.2, -0.15) is 0 Å². The van der Waals surface area contributed by atoms with Gasteiger partial charge in [0.25, 0.3) is 5.91 Å². The normalized spacial score (nSPS) is 10.6. The van der Waals surface area contributed by atoms with Crippen molar-refractivity contribution in [1.29, 1.82) is 0 Å². The van der Waals surface area contributed by atoms with Crippen molar-refractivity contribution < 1.29 is 4.79 Å². The minimum absolute atomic E-state index is 0.0527. The zero-order valence-corrected chi connectivity index (χ0v) is 12.8. The molecule has 0 unspecified atom stereocenters. The number of nitrogens with zero attached hydrogens (tertiary/aromatic N) is 1. The molecular formula is C19H18N2O. The van der Waals surface area contributed by atoms with Crippen LogP contribution in [-0.2, 0) is 6.42 Å². The minimum Gasteiger partial charge on any atom is -0.355 e. The lowest BCUT2D eigenvalue weighted by Crippen LogP contribution is -2.17. The molecule has 0 aliphatic carbocycles. The second kappa shape index (κ2) is 5.98. The molecule has 3 nitrogen and oxygen atoms in total. The van der Waals surface area contributed by atoms with E-state index >= 15 is 0 Å². The van der Waals surface area contributed by atoms with Crippen molar-refractivity contribution in [2.45, 2.75) is 13.3 Å². The van der Waals surface area contributed by atoms with Crippen molar-refractivity contribution in [3.63, 3.8) is 0 Å². The molecule has 1 aromatic heterocycles. The molecule has 3 rings (SSSR count). The number of carbonyl (C=O) groups excluding carboxylic acids is 1. The third-order valence-electron chi connectivity index (χ3n) is 3.79. The fraction of sp³-hybridized carbons (Fsp3) is 0.158. The maximum atomic E-state index is 11.9. The van der Waals surface area contributed by atoms with Crippen molar-refractivity contribution in [3.05, 3.63) is 77.1 Å². The van der Waals surface area contributed by atoms with Gasteiger partial charge in [-0.3, -0.25) is 9.78 Å². The fourth-order valence-electron chi connectivity index (χ4n) is 2.73. The Morgan fingerprint density at radius 3 is 2.68 bits per heavy atom. The topological polar surface area (TPSA) is 42.0 Å². The molecule has 0 aliphatic rings. The summed E-state index contributed by atoms with van der Waals surface area (Å²) in [4.78, 5) is 16.2. The number of rotatable bonds is 3. The van der Waals surface area contributed by atoms with E-state index in [1.807, 2.05) is 43.5 Å². The lowest BCUT2D eigenvalue weighted by atomic mass is 9.98. The van der Waals surface area contributed by atoms with E-state index in [2.05, 4.69) is 28.5 Å². The van der Waals surface area contributed by atoms with E-state index in [-0.39, 0.29) is 5.91 Å².